The second-order valence-corrected chi connectivity index (χ2v) is 5.90. The Hall–Kier alpha value is -2.78. The minimum absolute atomic E-state index is 0.158. The van der Waals surface area contributed by atoms with Crippen LogP contribution in [0.15, 0.2) is 18.5 Å². The lowest BCUT2D eigenvalue weighted by Crippen LogP contribution is -2.36. The van der Waals surface area contributed by atoms with Crippen molar-refractivity contribution in [2.45, 2.75) is 12.8 Å². The van der Waals surface area contributed by atoms with E-state index in [-0.39, 0.29) is 11.6 Å². The van der Waals surface area contributed by atoms with Crippen LogP contribution >= 0.6 is 0 Å². The van der Waals surface area contributed by atoms with Gasteiger partial charge in [-0.1, -0.05) is 0 Å². The van der Waals surface area contributed by atoms with E-state index in [9.17, 15) is 13.6 Å². The van der Waals surface area contributed by atoms with Crippen molar-refractivity contribution in [3.8, 4) is 5.88 Å². The van der Waals surface area contributed by atoms with E-state index >= 15 is 0 Å². The van der Waals surface area contributed by atoms with Gasteiger partial charge in [0.15, 0.2) is 5.82 Å². The largest absolute Gasteiger partial charge is 0.478 e. The van der Waals surface area contributed by atoms with Gasteiger partial charge >= 0.3 is 0 Å². The van der Waals surface area contributed by atoms with Crippen LogP contribution in [0.5, 0.6) is 5.88 Å². The van der Waals surface area contributed by atoms with E-state index in [4.69, 9.17) is 4.74 Å². The fraction of sp³-hybridized carbons (Fsp3) is 0.500. The number of hydrogen-bond acceptors (Lipinski definition) is 6. The molecular formula is C16H20F2N6O2. The van der Waals surface area contributed by atoms with Crippen molar-refractivity contribution in [1.29, 1.82) is 0 Å². The highest BCUT2D eigenvalue weighted by Gasteiger charge is 2.26. The highest BCUT2D eigenvalue weighted by molar-refractivity contribution is 5.92. The molecule has 2 aromatic rings. The Morgan fingerprint density at radius 1 is 1.19 bits per heavy atom. The molecule has 0 radical (unpaired) electrons. The molecule has 3 heterocycles. The minimum atomic E-state index is -2.70. The van der Waals surface area contributed by atoms with E-state index in [2.05, 4.69) is 15.1 Å². The smallest absolute Gasteiger partial charge is 0.282 e. The number of alkyl halides is 2. The summed E-state index contributed by atoms with van der Waals surface area (Å²) in [5.41, 5.74) is -0.234. The molecule has 10 heteroatoms. The van der Waals surface area contributed by atoms with Crippen molar-refractivity contribution in [3.05, 3.63) is 29.8 Å². The van der Waals surface area contributed by atoms with Crippen molar-refractivity contribution in [1.82, 2.24) is 24.6 Å². The fourth-order valence-corrected chi connectivity index (χ4v) is 2.97. The Kier molecular flexibility index (Phi) is 5.29. The zero-order valence-corrected chi connectivity index (χ0v) is 14.6. The molecule has 1 saturated heterocycles. The van der Waals surface area contributed by atoms with Crippen LogP contribution in [0.25, 0.3) is 0 Å². The SMILES string of the molecule is COc1nccnc1N1CCCN(C(=O)c2cc(C(F)F)nn2C)CC1. The number of aromatic nitrogens is 4. The number of amides is 1. The normalized spacial score (nSPS) is 15.3. The summed E-state index contributed by atoms with van der Waals surface area (Å²) in [6.07, 6.45) is 1.16. The first-order valence-corrected chi connectivity index (χ1v) is 8.22. The topological polar surface area (TPSA) is 76.4 Å². The number of rotatable bonds is 4. The Labute approximate surface area is 149 Å². The van der Waals surface area contributed by atoms with Crippen molar-refractivity contribution in [3.63, 3.8) is 0 Å². The van der Waals surface area contributed by atoms with Crippen LogP contribution in [0.2, 0.25) is 0 Å². The molecule has 26 heavy (non-hydrogen) atoms. The van der Waals surface area contributed by atoms with Crippen LogP contribution in [0, 0.1) is 0 Å². The molecule has 0 bridgehead atoms. The Balaban J connectivity index is 1.73. The maximum absolute atomic E-state index is 12.8. The van der Waals surface area contributed by atoms with Crippen molar-refractivity contribution in [2.24, 2.45) is 7.05 Å². The molecule has 0 aliphatic carbocycles. The molecule has 3 rings (SSSR count). The van der Waals surface area contributed by atoms with Gasteiger partial charge in [-0.25, -0.2) is 18.7 Å². The van der Waals surface area contributed by atoms with Gasteiger partial charge in [-0.3, -0.25) is 9.48 Å². The number of ether oxygens (including phenoxy) is 1. The van der Waals surface area contributed by atoms with E-state index in [0.717, 1.165) is 6.07 Å². The van der Waals surface area contributed by atoms with Gasteiger partial charge in [-0.2, -0.15) is 5.10 Å². The molecule has 8 nitrogen and oxygen atoms in total. The summed E-state index contributed by atoms with van der Waals surface area (Å²) in [5.74, 6) is 0.755. The molecule has 1 aliphatic heterocycles. The predicted octanol–water partition coefficient (Wildman–Crippen LogP) is 1.51. The van der Waals surface area contributed by atoms with Gasteiger partial charge in [0.05, 0.1) is 7.11 Å². The monoisotopic (exact) mass is 366 g/mol. The van der Waals surface area contributed by atoms with Crippen LogP contribution in [0.1, 0.15) is 29.0 Å². The quantitative estimate of drug-likeness (QED) is 0.816. The second-order valence-electron chi connectivity index (χ2n) is 5.90. The highest BCUT2D eigenvalue weighted by atomic mass is 19.3. The molecule has 0 atom stereocenters. The molecule has 2 aromatic heterocycles. The van der Waals surface area contributed by atoms with Crippen LogP contribution in [0.3, 0.4) is 0 Å². The molecule has 1 aliphatic rings. The van der Waals surface area contributed by atoms with Gasteiger partial charge < -0.3 is 14.5 Å². The fourth-order valence-electron chi connectivity index (χ4n) is 2.97. The van der Waals surface area contributed by atoms with Crippen LogP contribution < -0.4 is 9.64 Å². The van der Waals surface area contributed by atoms with Gasteiger partial charge in [0, 0.05) is 45.6 Å². The third-order valence-corrected chi connectivity index (χ3v) is 4.26. The van der Waals surface area contributed by atoms with E-state index in [1.807, 2.05) is 4.90 Å². The molecule has 0 spiro atoms. The number of anilines is 1. The molecule has 0 aromatic carbocycles. The lowest BCUT2D eigenvalue weighted by Gasteiger charge is -2.23. The Morgan fingerprint density at radius 2 is 1.96 bits per heavy atom. The van der Waals surface area contributed by atoms with Gasteiger partial charge in [0.25, 0.3) is 18.2 Å². The maximum Gasteiger partial charge on any atom is 0.282 e. The van der Waals surface area contributed by atoms with Gasteiger partial charge in [-0.05, 0) is 12.5 Å². The summed E-state index contributed by atoms with van der Waals surface area (Å²) in [4.78, 5) is 24.8. The number of carbonyl (C=O) groups is 1. The molecular weight excluding hydrogens is 346 g/mol. The van der Waals surface area contributed by atoms with E-state index in [1.165, 1.54) is 18.8 Å². The lowest BCUT2D eigenvalue weighted by molar-refractivity contribution is 0.0756. The zero-order chi connectivity index (χ0) is 18.7. The minimum Gasteiger partial charge on any atom is -0.478 e. The van der Waals surface area contributed by atoms with E-state index in [0.29, 0.717) is 44.3 Å². The number of nitrogens with zero attached hydrogens (tertiary/aromatic N) is 6. The Bertz CT molecular complexity index is 782. The molecule has 0 N–H and O–H groups in total. The predicted molar refractivity (Wildman–Crippen MR) is 89.5 cm³/mol. The maximum atomic E-state index is 12.8. The number of aryl methyl sites for hydroxylation is 1. The van der Waals surface area contributed by atoms with Gasteiger partial charge in [0.1, 0.15) is 11.4 Å². The first-order valence-electron chi connectivity index (χ1n) is 8.22. The lowest BCUT2D eigenvalue weighted by atomic mass is 10.3. The van der Waals surface area contributed by atoms with E-state index in [1.54, 1.807) is 17.3 Å². The number of carbonyl (C=O) groups excluding carboxylic acids is 1. The first kappa shape index (κ1) is 18.0. The molecule has 1 amide bonds. The van der Waals surface area contributed by atoms with Crippen LogP contribution in [0.4, 0.5) is 14.6 Å². The van der Waals surface area contributed by atoms with Gasteiger partial charge in [-0.15, -0.1) is 0 Å². The van der Waals surface area contributed by atoms with Crippen molar-refractivity contribution < 1.29 is 18.3 Å². The number of hydrogen-bond donors (Lipinski definition) is 0. The highest BCUT2D eigenvalue weighted by Crippen LogP contribution is 2.24. The van der Waals surface area contributed by atoms with Gasteiger partial charge in [0.2, 0.25) is 0 Å². The molecule has 0 saturated carbocycles. The standard InChI is InChI=1S/C16H20F2N6O2/c1-22-12(10-11(21-22)13(17)18)16(25)24-7-3-6-23(8-9-24)14-15(26-2)20-5-4-19-14/h4-5,10,13H,3,6-9H2,1-2H3. The molecule has 1 fully saturated rings. The van der Waals surface area contributed by atoms with E-state index < -0.39 is 12.1 Å². The summed E-state index contributed by atoms with van der Waals surface area (Å²) in [7, 11) is 3.03. The summed E-state index contributed by atoms with van der Waals surface area (Å²) in [6.45, 7) is 2.19. The first-order chi connectivity index (χ1) is 12.5. The third-order valence-electron chi connectivity index (χ3n) is 4.26. The number of halogens is 2. The summed E-state index contributed by atoms with van der Waals surface area (Å²) in [6, 6.07) is 1.15. The third kappa shape index (κ3) is 3.58. The summed E-state index contributed by atoms with van der Waals surface area (Å²) < 4.78 is 32.1. The zero-order valence-electron chi connectivity index (χ0n) is 14.6. The summed E-state index contributed by atoms with van der Waals surface area (Å²) >= 11 is 0. The second kappa shape index (κ2) is 7.63. The Morgan fingerprint density at radius 3 is 2.65 bits per heavy atom. The average molecular weight is 366 g/mol. The molecule has 140 valence electrons. The number of methoxy groups -OCH3 is 1. The molecule has 0 unspecified atom stereocenters. The van der Waals surface area contributed by atoms with Crippen molar-refractivity contribution in [2.75, 3.05) is 38.2 Å². The average Bonchev–Trinajstić information content (AvgIpc) is 2.88. The van der Waals surface area contributed by atoms with Crippen LogP contribution in [-0.2, 0) is 7.05 Å². The van der Waals surface area contributed by atoms with Crippen molar-refractivity contribution >= 4 is 11.7 Å². The summed E-state index contributed by atoms with van der Waals surface area (Å²) in [5, 5.41) is 3.71. The van der Waals surface area contributed by atoms with Crippen LogP contribution in [-0.4, -0.2) is 63.8 Å².